The molecular formula is C19H23N2O9S-. The first-order valence-corrected chi connectivity index (χ1v) is 10.4. The van der Waals surface area contributed by atoms with Crippen molar-refractivity contribution in [2.45, 2.75) is 31.2 Å². The first-order chi connectivity index (χ1) is 14.6. The van der Waals surface area contributed by atoms with E-state index in [9.17, 15) is 34.5 Å². The number of fused-ring (bicyclic) bond motifs is 1. The largest absolute Gasteiger partial charge is 0.548 e. The number of methoxy groups -OCH3 is 1. The van der Waals surface area contributed by atoms with Crippen molar-refractivity contribution in [3.05, 3.63) is 22.8 Å². The summed E-state index contributed by atoms with van der Waals surface area (Å²) in [5, 5.41) is 36.3. The molecule has 4 N–H and O–H groups in total. The molecule has 2 amide bonds. The summed E-state index contributed by atoms with van der Waals surface area (Å²) >= 11 is 1.02. The van der Waals surface area contributed by atoms with E-state index in [1.165, 1.54) is 14.0 Å². The van der Waals surface area contributed by atoms with Gasteiger partial charge < -0.3 is 40.2 Å². The summed E-state index contributed by atoms with van der Waals surface area (Å²) in [7, 11) is 1.39. The predicted molar refractivity (Wildman–Crippen MR) is 106 cm³/mol. The molecule has 1 heterocycles. The Hall–Kier alpha value is -2.99. The molecule has 1 aromatic rings. The topological polar surface area (TPSA) is 174 Å². The molecule has 0 bridgehead atoms. The van der Waals surface area contributed by atoms with Gasteiger partial charge in [-0.25, -0.2) is 4.79 Å². The van der Waals surface area contributed by atoms with Gasteiger partial charge in [0.1, 0.15) is 24.1 Å². The number of rotatable bonds is 5. The number of esters is 1. The Kier molecular flexibility index (Phi) is 8.51. The molecular weight excluding hydrogens is 432 g/mol. The minimum Gasteiger partial charge on any atom is -0.548 e. The van der Waals surface area contributed by atoms with Crippen LogP contribution >= 0.6 is 11.8 Å². The SMILES string of the molecule is COCCC(=O)N[C@H]1COC(=O)c2c(C)c(O)cc(O)c2CSC[C@@H](C(=O)[O-])NC1=O. The van der Waals surface area contributed by atoms with Crippen molar-refractivity contribution in [2.75, 3.05) is 26.1 Å². The molecule has 0 saturated heterocycles. The second kappa shape index (κ2) is 10.9. The molecule has 11 nitrogen and oxygen atoms in total. The monoisotopic (exact) mass is 455 g/mol. The Labute approximate surface area is 182 Å². The van der Waals surface area contributed by atoms with Crippen LogP contribution in [0.15, 0.2) is 6.07 Å². The number of carboxylic acids is 1. The van der Waals surface area contributed by atoms with Crippen molar-refractivity contribution in [3.63, 3.8) is 0 Å². The summed E-state index contributed by atoms with van der Waals surface area (Å²) in [4.78, 5) is 48.7. The van der Waals surface area contributed by atoms with Crippen molar-refractivity contribution < 1.29 is 44.0 Å². The van der Waals surface area contributed by atoms with Crippen molar-refractivity contribution in [1.82, 2.24) is 10.6 Å². The van der Waals surface area contributed by atoms with Gasteiger partial charge in [0, 0.05) is 42.2 Å². The standard InChI is InChI=1S/C19H24N2O9S/c1-9-13(22)5-14(23)10-7-31-8-12(18(26)27)21-17(25)11(6-30-19(28)16(9)10)20-15(24)3-4-29-2/h5,11-12,22-23H,3-4,6-8H2,1-2H3,(H,20,24)(H,21,25)(H,26,27)/p-1/t11-,12-/m0/s1. The molecule has 0 saturated carbocycles. The third kappa shape index (κ3) is 6.25. The summed E-state index contributed by atoms with van der Waals surface area (Å²) in [6.07, 6.45) is -0.0717. The molecule has 1 aliphatic rings. The zero-order chi connectivity index (χ0) is 23.1. The van der Waals surface area contributed by atoms with Gasteiger partial charge in [0.15, 0.2) is 0 Å². The maximum atomic E-state index is 12.7. The number of carbonyl (C=O) groups excluding carboxylic acids is 4. The molecule has 0 aliphatic carbocycles. The lowest BCUT2D eigenvalue weighted by Gasteiger charge is -2.25. The van der Waals surface area contributed by atoms with Crippen LogP contribution in [0.2, 0.25) is 0 Å². The highest BCUT2D eigenvalue weighted by Crippen LogP contribution is 2.35. The summed E-state index contributed by atoms with van der Waals surface area (Å²) in [5.74, 6) is -4.72. The van der Waals surface area contributed by atoms with Crippen molar-refractivity contribution >= 4 is 35.5 Å². The van der Waals surface area contributed by atoms with Gasteiger partial charge in [-0.3, -0.25) is 9.59 Å². The minimum atomic E-state index is -1.54. The normalized spacial score (nSPS) is 19.8. The van der Waals surface area contributed by atoms with Crippen LogP contribution in [0.5, 0.6) is 11.5 Å². The lowest BCUT2D eigenvalue weighted by Crippen LogP contribution is -2.56. The number of carbonyl (C=O) groups is 4. The van der Waals surface area contributed by atoms with Gasteiger partial charge in [0.05, 0.1) is 24.2 Å². The molecule has 31 heavy (non-hydrogen) atoms. The van der Waals surface area contributed by atoms with Crippen LogP contribution in [0.3, 0.4) is 0 Å². The van der Waals surface area contributed by atoms with Crippen molar-refractivity contribution in [2.24, 2.45) is 0 Å². The molecule has 1 aromatic carbocycles. The molecule has 2 atom stereocenters. The fraction of sp³-hybridized carbons (Fsp3) is 0.474. The van der Waals surface area contributed by atoms with Gasteiger partial charge in [-0.2, -0.15) is 11.8 Å². The van der Waals surface area contributed by atoms with Gasteiger partial charge in [-0.15, -0.1) is 0 Å². The molecule has 170 valence electrons. The van der Waals surface area contributed by atoms with E-state index >= 15 is 0 Å². The van der Waals surface area contributed by atoms with Crippen LogP contribution in [-0.4, -0.2) is 72.1 Å². The maximum absolute atomic E-state index is 12.7. The Bertz CT molecular complexity index is 874. The second-order valence-electron chi connectivity index (χ2n) is 6.75. The van der Waals surface area contributed by atoms with Gasteiger partial charge in [-0.1, -0.05) is 0 Å². The van der Waals surface area contributed by atoms with E-state index in [0.717, 1.165) is 17.8 Å². The number of thioether (sulfide) groups is 1. The van der Waals surface area contributed by atoms with E-state index in [1.54, 1.807) is 0 Å². The summed E-state index contributed by atoms with van der Waals surface area (Å²) in [6.45, 7) is 0.932. The van der Waals surface area contributed by atoms with Crippen LogP contribution < -0.4 is 15.7 Å². The first kappa shape index (κ1) is 24.3. The third-order valence-corrected chi connectivity index (χ3v) is 5.61. The van der Waals surface area contributed by atoms with Gasteiger partial charge in [0.2, 0.25) is 11.8 Å². The predicted octanol–water partition coefficient (Wildman–Crippen LogP) is -1.43. The maximum Gasteiger partial charge on any atom is 0.339 e. The molecule has 1 aliphatic heterocycles. The van der Waals surface area contributed by atoms with Crippen LogP contribution in [0, 0.1) is 6.92 Å². The smallest absolute Gasteiger partial charge is 0.339 e. The third-order valence-electron chi connectivity index (χ3n) is 4.55. The fourth-order valence-electron chi connectivity index (χ4n) is 2.82. The van der Waals surface area contributed by atoms with Gasteiger partial charge >= 0.3 is 5.97 Å². The zero-order valence-corrected chi connectivity index (χ0v) is 17.7. The number of hydrogen-bond acceptors (Lipinski definition) is 10. The van der Waals surface area contributed by atoms with Crippen LogP contribution in [0.25, 0.3) is 0 Å². The highest BCUT2D eigenvalue weighted by Gasteiger charge is 2.29. The number of nitrogens with one attached hydrogen (secondary N) is 2. The van der Waals surface area contributed by atoms with Crippen LogP contribution in [-0.2, 0) is 29.6 Å². The molecule has 0 unspecified atom stereocenters. The summed E-state index contributed by atoms with van der Waals surface area (Å²) in [6, 6.07) is -1.70. The summed E-state index contributed by atoms with van der Waals surface area (Å²) < 4.78 is 9.97. The van der Waals surface area contributed by atoms with E-state index in [1.807, 2.05) is 0 Å². The second-order valence-corrected chi connectivity index (χ2v) is 7.78. The number of aliphatic carboxylic acids is 1. The van der Waals surface area contributed by atoms with Gasteiger partial charge in [-0.05, 0) is 6.92 Å². The molecule has 0 radical (unpaired) electrons. The first-order valence-electron chi connectivity index (χ1n) is 9.24. The van der Waals surface area contributed by atoms with Crippen molar-refractivity contribution in [3.8, 4) is 11.5 Å². The highest BCUT2D eigenvalue weighted by molar-refractivity contribution is 7.98. The minimum absolute atomic E-state index is 0.00815. The zero-order valence-electron chi connectivity index (χ0n) is 16.9. The molecule has 2 rings (SSSR count). The summed E-state index contributed by atoms with van der Waals surface area (Å²) in [5.41, 5.74) is 0.201. The van der Waals surface area contributed by atoms with Gasteiger partial charge in [0.25, 0.3) is 0 Å². The van der Waals surface area contributed by atoms with Crippen LogP contribution in [0.4, 0.5) is 0 Å². The number of ether oxygens (including phenoxy) is 2. The number of aromatic hydroxyl groups is 2. The Morgan fingerprint density at radius 3 is 2.71 bits per heavy atom. The molecule has 0 fully saturated rings. The van der Waals surface area contributed by atoms with E-state index < -0.39 is 42.4 Å². The number of carboxylic acid groups (broad SMARTS) is 1. The Morgan fingerprint density at radius 1 is 1.35 bits per heavy atom. The Morgan fingerprint density at radius 2 is 2.06 bits per heavy atom. The van der Waals surface area contributed by atoms with Crippen molar-refractivity contribution in [1.29, 1.82) is 0 Å². The number of cyclic esters (lactones) is 1. The molecule has 0 spiro atoms. The average molecular weight is 455 g/mol. The highest BCUT2D eigenvalue weighted by atomic mass is 32.2. The fourth-order valence-corrected chi connectivity index (χ4v) is 3.89. The molecule has 12 heteroatoms. The number of benzene rings is 1. The number of phenolic OH excluding ortho intramolecular Hbond substituents is 2. The number of hydrogen-bond donors (Lipinski definition) is 4. The average Bonchev–Trinajstić information content (AvgIpc) is 2.70. The van der Waals surface area contributed by atoms with E-state index in [2.05, 4.69) is 10.6 Å². The van der Waals surface area contributed by atoms with Crippen LogP contribution in [0.1, 0.15) is 27.9 Å². The lowest BCUT2D eigenvalue weighted by molar-refractivity contribution is -0.307. The molecule has 0 aromatic heterocycles. The van der Waals surface area contributed by atoms with E-state index in [-0.39, 0.29) is 52.7 Å². The number of amides is 2. The number of phenols is 2. The van der Waals surface area contributed by atoms with E-state index in [0.29, 0.717) is 0 Å². The lowest BCUT2D eigenvalue weighted by atomic mass is 10.0. The Balaban J connectivity index is 2.38. The van der Waals surface area contributed by atoms with E-state index in [4.69, 9.17) is 9.47 Å². The quantitative estimate of drug-likeness (QED) is 0.385.